The molecule has 0 saturated heterocycles. The van der Waals surface area contributed by atoms with Crippen LogP contribution in [0.5, 0.6) is 0 Å². The van der Waals surface area contributed by atoms with Crippen LogP contribution in [0.25, 0.3) is 0 Å². The topological polar surface area (TPSA) is 82.9 Å². The van der Waals surface area contributed by atoms with Crippen molar-refractivity contribution >= 4 is 10.0 Å². The molecule has 86 valence electrons. The third kappa shape index (κ3) is 3.61. The molecule has 1 atom stereocenters. The summed E-state index contributed by atoms with van der Waals surface area (Å²) < 4.78 is 25.3. The highest BCUT2D eigenvalue weighted by Gasteiger charge is 2.17. The van der Waals surface area contributed by atoms with Crippen LogP contribution in [0.1, 0.15) is 24.9 Å². The van der Waals surface area contributed by atoms with Crippen LogP contribution in [-0.4, -0.2) is 19.2 Å². The number of hydrogen-bond acceptors (Lipinski definition) is 4. The van der Waals surface area contributed by atoms with Gasteiger partial charge in [-0.25, -0.2) is 8.42 Å². The van der Waals surface area contributed by atoms with E-state index in [1.165, 1.54) is 12.4 Å². The minimum Gasteiger partial charge on any atom is -0.265 e. The van der Waals surface area contributed by atoms with Crippen molar-refractivity contribution in [3.05, 3.63) is 30.1 Å². The van der Waals surface area contributed by atoms with Gasteiger partial charge in [-0.2, -0.15) is 9.98 Å². The van der Waals surface area contributed by atoms with Crippen LogP contribution >= 0.6 is 0 Å². The van der Waals surface area contributed by atoms with Gasteiger partial charge in [0.25, 0.3) is 0 Å². The Morgan fingerprint density at radius 1 is 1.50 bits per heavy atom. The smallest absolute Gasteiger partial charge is 0.213 e. The number of hydrogen-bond donors (Lipinski definition) is 1. The summed E-state index contributed by atoms with van der Waals surface area (Å²) in [4.78, 5) is 3.81. The van der Waals surface area contributed by atoms with Gasteiger partial charge in [-0.15, -0.1) is 0 Å². The highest BCUT2D eigenvalue weighted by Crippen LogP contribution is 2.11. The molecular formula is C10H13N3O2S. The fraction of sp³-hybridized carbons (Fsp3) is 0.400. The summed E-state index contributed by atoms with van der Waals surface area (Å²) >= 11 is 0. The van der Waals surface area contributed by atoms with Gasteiger partial charge in [0.1, 0.15) is 6.04 Å². The molecule has 1 N–H and O–H groups in total. The molecule has 0 fully saturated rings. The van der Waals surface area contributed by atoms with Crippen molar-refractivity contribution < 1.29 is 8.42 Å². The van der Waals surface area contributed by atoms with Crippen molar-refractivity contribution in [2.75, 3.05) is 5.75 Å². The van der Waals surface area contributed by atoms with E-state index in [0.29, 0.717) is 12.0 Å². The molecule has 0 amide bonds. The molecule has 6 heteroatoms. The van der Waals surface area contributed by atoms with Crippen molar-refractivity contribution in [1.29, 1.82) is 5.26 Å². The van der Waals surface area contributed by atoms with Gasteiger partial charge < -0.3 is 0 Å². The molecule has 5 nitrogen and oxygen atoms in total. The molecule has 1 aromatic rings. The van der Waals surface area contributed by atoms with Crippen LogP contribution in [0.2, 0.25) is 0 Å². The van der Waals surface area contributed by atoms with E-state index in [2.05, 4.69) is 9.71 Å². The van der Waals surface area contributed by atoms with E-state index in [-0.39, 0.29) is 5.75 Å². The predicted molar refractivity (Wildman–Crippen MR) is 59.8 cm³/mol. The largest absolute Gasteiger partial charge is 0.265 e. The minimum absolute atomic E-state index is 0.0241. The first-order chi connectivity index (χ1) is 7.59. The third-order valence-electron chi connectivity index (χ3n) is 1.94. The Bertz CT molecular complexity index is 465. The summed E-state index contributed by atoms with van der Waals surface area (Å²) in [5.41, 5.74) is 0.595. The molecule has 0 saturated carbocycles. The van der Waals surface area contributed by atoms with Gasteiger partial charge in [0.05, 0.1) is 11.8 Å². The lowest BCUT2D eigenvalue weighted by atomic mass is 10.1. The van der Waals surface area contributed by atoms with Crippen molar-refractivity contribution in [2.45, 2.75) is 19.4 Å². The molecule has 0 aliphatic carbocycles. The SMILES string of the molecule is CCCS(=O)(=O)NC(C#N)c1ccncc1. The number of aromatic nitrogens is 1. The quantitative estimate of drug-likeness (QED) is 0.830. The Kier molecular flexibility index (Phi) is 4.40. The van der Waals surface area contributed by atoms with Gasteiger partial charge in [-0.3, -0.25) is 4.98 Å². The van der Waals surface area contributed by atoms with Crippen molar-refractivity contribution in [1.82, 2.24) is 9.71 Å². The van der Waals surface area contributed by atoms with Gasteiger partial charge >= 0.3 is 0 Å². The van der Waals surface area contributed by atoms with Crippen LogP contribution in [-0.2, 0) is 10.0 Å². The molecule has 0 spiro atoms. The molecule has 0 aliphatic heterocycles. The van der Waals surface area contributed by atoms with Crippen molar-refractivity contribution in [2.24, 2.45) is 0 Å². The second-order valence-corrected chi connectivity index (χ2v) is 5.15. The Morgan fingerprint density at radius 3 is 2.62 bits per heavy atom. The normalized spacial score (nSPS) is 13.0. The summed E-state index contributed by atoms with van der Waals surface area (Å²) in [6.45, 7) is 1.77. The monoisotopic (exact) mass is 239 g/mol. The first kappa shape index (κ1) is 12.6. The standard InChI is InChI=1S/C10H13N3O2S/c1-2-7-16(14,15)13-10(8-11)9-3-5-12-6-4-9/h3-6,10,13H,2,7H2,1H3. The first-order valence-electron chi connectivity index (χ1n) is 4.88. The fourth-order valence-electron chi connectivity index (χ4n) is 1.23. The average molecular weight is 239 g/mol. The maximum absolute atomic E-state index is 11.5. The number of rotatable bonds is 5. The van der Waals surface area contributed by atoms with E-state index >= 15 is 0 Å². The Labute approximate surface area is 95.2 Å². The van der Waals surface area contributed by atoms with Gasteiger partial charge in [0.15, 0.2) is 0 Å². The van der Waals surface area contributed by atoms with Gasteiger partial charge in [-0.1, -0.05) is 6.92 Å². The number of sulfonamides is 1. The maximum atomic E-state index is 11.5. The van der Waals surface area contributed by atoms with Crippen LogP contribution in [0.3, 0.4) is 0 Å². The summed E-state index contributed by atoms with van der Waals surface area (Å²) in [6, 6.07) is 4.29. The zero-order valence-corrected chi connectivity index (χ0v) is 9.74. The van der Waals surface area contributed by atoms with Gasteiger partial charge in [-0.05, 0) is 24.1 Å². The minimum atomic E-state index is -3.38. The van der Waals surface area contributed by atoms with E-state index in [0.717, 1.165) is 0 Å². The Balaban J connectivity index is 2.83. The van der Waals surface area contributed by atoms with E-state index in [9.17, 15) is 8.42 Å². The van der Waals surface area contributed by atoms with Gasteiger partial charge in [0, 0.05) is 12.4 Å². The van der Waals surface area contributed by atoms with E-state index in [4.69, 9.17) is 5.26 Å². The van der Waals surface area contributed by atoms with E-state index in [1.807, 2.05) is 6.07 Å². The molecule has 1 heterocycles. The second kappa shape index (κ2) is 5.58. The zero-order valence-electron chi connectivity index (χ0n) is 8.92. The molecule has 0 aromatic carbocycles. The maximum Gasteiger partial charge on any atom is 0.213 e. The van der Waals surface area contributed by atoms with Crippen LogP contribution in [0.15, 0.2) is 24.5 Å². The Hall–Kier alpha value is -1.45. The highest BCUT2D eigenvalue weighted by molar-refractivity contribution is 7.89. The molecule has 1 rings (SSSR count). The summed E-state index contributed by atoms with van der Waals surface area (Å²) in [7, 11) is -3.38. The lowest BCUT2D eigenvalue weighted by molar-refractivity contribution is 0.574. The number of nitrogens with zero attached hydrogens (tertiary/aromatic N) is 2. The fourth-order valence-corrected chi connectivity index (χ4v) is 2.44. The van der Waals surface area contributed by atoms with Crippen LogP contribution in [0.4, 0.5) is 0 Å². The Morgan fingerprint density at radius 2 is 2.12 bits per heavy atom. The average Bonchev–Trinajstić information content (AvgIpc) is 2.27. The summed E-state index contributed by atoms with van der Waals surface area (Å²) in [5.74, 6) is 0.0241. The van der Waals surface area contributed by atoms with Gasteiger partial charge in [0.2, 0.25) is 10.0 Å². The number of nitrogens with one attached hydrogen (secondary N) is 1. The second-order valence-electron chi connectivity index (χ2n) is 3.28. The number of pyridine rings is 1. The van der Waals surface area contributed by atoms with Crippen molar-refractivity contribution in [3.8, 4) is 6.07 Å². The summed E-state index contributed by atoms with van der Waals surface area (Å²) in [6.07, 6.45) is 3.56. The number of nitriles is 1. The molecule has 0 aliphatic rings. The van der Waals surface area contributed by atoms with Crippen LogP contribution in [0, 0.1) is 11.3 Å². The van der Waals surface area contributed by atoms with E-state index in [1.54, 1.807) is 19.1 Å². The molecule has 1 aromatic heterocycles. The highest BCUT2D eigenvalue weighted by atomic mass is 32.2. The van der Waals surface area contributed by atoms with E-state index < -0.39 is 16.1 Å². The summed E-state index contributed by atoms with van der Waals surface area (Å²) in [5, 5.41) is 8.91. The lowest BCUT2D eigenvalue weighted by Gasteiger charge is -2.11. The zero-order chi connectivity index (χ0) is 12.0. The molecule has 1 unspecified atom stereocenters. The molecular weight excluding hydrogens is 226 g/mol. The lowest BCUT2D eigenvalue weighted by Crippen LogP contribution is -2.29. The predicted octanol–water partition coefficient (Wildman–Crippen LogP) is 0.976. The molecule has 0 bridgehead atoms. The van der Waals surface area contributed by atoms with Crippen molar-refractivity contribution in [3.63, 3.8) is 0 Å². The van der Waals surface area contributed by atoms with Crippen LogP contribution < -0.4 is 4.72 Å². The third-order valence-corrected chi connectivity index (χ3v) is 3.48. The molecule has 0 radical (unpaired) electrons. The first-order valence-corrected chi connectivity index (χ1v) is 6.54. The molecule has 16 heavy (non-hydrogen) atoms.